The fraction of sp³-hybridized carbons (Fsp3) is 0.429. The summed E-state index contributed by atoms with van der Waals surface area (Å²) in [5, 5.41) is 13.3. The van der Waals surface area contributed by atoms with Crippen molar-refractivity contribution in [3.63, 3.8) is 0 Å². The fourth-order valence-electron chi connectivity index (χ4n) is 1.94. The molecule has 0 saturated heterocycles. The molecular formula is C14H16FN3S. The largest absolute Gasteiger partial charge is 0.314 e. The normalized spacial score (nSPS) is 14.8. The van der Waals surface area contributed by atoms with Gasteiger partial charge in [-0.05, 0) is 31.9 Å². The van der Waals surface area contributed by atoms with Crippen LogP contribution in [0.5, 0.6) is 0 Å². The number of nitrogens with zero attached hydrogens (tertiary/aromatic N) is 2. The molecule has 100 valence electrons. The van der Waals surface area contributed by atoms with Crippen LogP contribution in [-0.2, 0) is 6.42 Å². The first kappa shape index (κ1) is 12.7. The molecule has 1 N–H and O–H groups in total. The van der Waals surface area contributed by atoms with Gasteiger partial charge in [0, 0.05) is 24.6 Å². The highest BCUT2D eigenvalue weighted by Crippen LogP contribution is 2.27. The summed E-state index contributed by atoms with van der Waals surface area (Å²) in [5.41, 5.74) is 1.59. The summed E-state index contributed by atoms with van der Waals surface area (Å²) < 4.78 is 13.8. The topological polar surface area (TPSA) is 37.8 Å². The van der Waals surface area contributed by atoms with Crippen LogP contribution >= 0.6 is 11.3 Å². The number of nitrogens with one attached hydrogen (secondary N) is 1. The molecule has 5 heteroatoms. The Morgan fingerprint density at radius 2 is 2.21 bits per heavy atom. The van der Waals surface area contributed by atoms with Crippen LogP contribution in [0.4, 0.5) is 4.39 Å². The van der Waals surface area contributed by atoms with Gasteiger partial charge in [0.05, 0.1) is 0 Å². The summed E-state index contributed by atoms with van der Waals surface area (Å²) in [4.78, 5) is 0. The van der Waals surface area contributed by atoms with Crippen LogP contribution in [0, 0.1) is 12.7 Å². The average molecular weight is 277 g/mol. The van der Waals surface area contributed by atoms with Crippen LogP contribution in [0.2, 0.25) is 0 Å². The lowest BCUT2D eigenvalue weighted by atomic mass is 10.1. The lowest BCUT2D eigenvalue weighted by molar-refractivity contribution is 0.630. The Balaban J connectivity index is 1.70. The van der Waals surface area contributed by atoms with E-state index < -0.39 is 0 Å². The Morgan fingerprint density at radius 1 is 1.37 bits per heavy atom. The molecule has 1 heterocycles. The zero-order valence-corrected chi connectivity index (χ0v) is 11.6. The van der Waals surface area contributed by atoms with Crippen molar-refractivity contribution in [3.8, 4) is 10.6 Å². The molecule has 1 aliphatic carbocycles. The SMILES string of the molecule is Cc1ccc(F)c(-c2nnc(CCNC3CC3)s2)c1. The maximum Gasteiger partial charge on any atom is 0.150 e. The summed E-state index contributed by atoms with van der Waals surface area (Å²) >= 11 is 1.48. The van der Waals surface area contributed by atoms with E-state index in [1.807, 2.05) is 13.0 Å². The van der Waals surface area contributed by atoms with Gasteiger partial charge >= 0.3 is 0 Å². The number of hydrogen-bond donors (Lipinski definition) is 1. The van der Waals surface area contributed by atoms with E-state index in [4.69, 9.17) is 0 Å². The zero-order valence-electron chi connectivity index (χ0n) is 10.8. The van der Waals surface area contributed by atoms with Crippen LogP contribution in [0.1, 0.15) is 23.4 Å². The van der Waals surface area contributed by atoms with Crippen molar-refractivity contribution in [2.75, 3.05) is 6.54 Å². The Kier molecular flexibility index (Phi) is 3.57. The number of aryl methyl sites for hydroxylation is 1. The quantitative estimate of drug-likeness (QED) is 0.913. The van der Waals surface area contributed by atoms with E-state index in [2.05, 4.69) is 15.5 Å². The molecular weight excluding hydrogens is 261 g/mol. The summed E-state index contributed by atoms with van der Waals surface area (Å²) in [6.45, 7) is 2.88. The van der Waals surface area contributed by atoms with Gasteiger partial charge in [-0.2, -0.15) is 0 Å². The van der Waals surface area contributed by atoms with Crippen LogP contribution in [-0.4, -0.2) is 22.8 Å². The number of halogens is 1. The minimum absolute atomic E-state index is 0.232. The highest BCUT2D eigenvalue weighted by atomic mass is 32.1. The van der Waals surface area contributed by atoms with Gasteiger partial charge < -0.3 is 5.32 Å². The van der Waals surface area contributed by atoms with Crippen LogP contribution in [0.25, 0.3) is 10.6 Å². The highest BCUT2D eigenvalue weighted by molar-refractivity contribution is 7.14. The minimum Gasteiger partial charge on any atom is -0.314 e. The molecule has 3 nitrogen and oxygen atoms in total. The lowest BCUT2D eigenvalue weighted by Crippen LogP contribution is -2.19. The molecule has 0 unspecified atom stereocenters. The molecule has 2 aromatic rings. The Morgan fingerprint density at radius 3 is 3.00 bits per heavy atom. The Bertz CT molecular complexity index is 578. The van der Waals surface area contributed by atoms with Gasteiger partial charge in [-0.1, -0.05) is 23.0 Å². The van der Waals surface area contributed by atoms with Crippen LogP contribution < -0.4 is 5.32 Å². The van der Waals surface area contributed by atoms with E-state index in [1.165, 1.54) is 30.2 Å². The average Bonchev–Trinajstić information content (AvgIpc) is 3.10. The molecule has 1 fully saturated rings. The monoisotopic (exact) mass is 277 g/mol. The molecule has 1 aromatic heterocycles. The van der Waals surface area contributed by atoms with Crippen LogP contribution in [0.15, 0.2) is 18.2 Å². The Hall–Kier alpha value is -1.33. The fourth-order valence-corrected chi connectivity index (χ4v) is 2.79. The van der Waals surface area contributed by atoms with Gasteiger partial charge in [-0.3, -0.25) is 0 Å². The van der Waals surface area contributed by atoms with Crippen molar-refractivity contribution in [1.29, 1.82) is 0 Å². The number of benzene rings is 1. The molecule has 0 bridgehead atoms. The smallest absolute Gasteiger partial charge is 0.150 e. The maximum absolute atomic E-state index is 13.8. The standard InChI is InChI=1S/C14H16FN3S/c1-9-2-5-12(15)11(8-9)14-18-17-13(19-14)6-7-16-10-3-4-10/h2,5,8,10,16H,3-4,6-7H2,1H3. The van der Waals surface area contributed by atoms with E-state index in [-0.39, 0.29) is 5.82 Å². The molecule has 0 amide bonds. The summed E-state index contributed by atoms with van der Waals surface area (Å²) in [6.07, 6.45) is 3.44. The maximum atomic E-state index is 13.8. The molecule has 1 aliphatic rings. The van der Waals surface area contributed by atoms with Crippen molar-refractivity contribution in [2.24, 2.45) is 0 Å². The lowest BCUT2D eigenvalue weighted by Gasteiger charge is -2.00. The molecule has 1 saturated carbocycles. The van der Waals surface area contributed by atoms with E-state index in [9.17, 15) is 4.39 Å². The van der Waals surface area contributed by atoms with Gasteiger partial charge in [0.25, 0.3) is 0 Å². The van der Waals surface area contributed by atoms with Crippen molar-refractivity contribution < 1.29 is 4.39 Å². The zero-order chi connectivity index (χ0) is 13.2. The number of rotatable bonds is 5. The molecule has 1 aromatic carbocycles. The first-order chi connectivity index (χ1) is 9.22. The summed E-state index contributed by atoms with van der Waals surface area (Å²) in [7, 11) is 0. The molecule has 0 atom stereocenters. The highest BCUT2D eigenvalue weighted by Gasteiger charge is 2.20. The predicted molar refractivity (Wildman–Crippen MR) is 74.8 cm³/mol. The molecule has 0 aliphatic heterocycles. The first-order valence-electron chi connectivity index (χ1n) is 6.54. The number of aromatic nitrogens is 2. The minimum atomic E-state index is -0.232. The Labute approximate surface area is 115 Å². The van der Waals surface area contributed by atoms with Crippen molar-refractivity contribution >= 4 is 11.3 Å². The third-order valence-corrected chi connectivity index (χ3v) is 4.18. The van der Waals surface area contributed by atoms with Crippen molar-refractivity contribution in [2.45, 2.75) is 32.2 Å². The van der Waals surface area contributed by atoms with E-state index in [0.29, 0.717) is 16.6 Å². The number of hydrogen-bond acceptors (Lipinski definition) is 4. The third kappa shape index (κ3) is 3.16. The van der Waals surface area contributed by atoms with Crippen LogP contribution in [0.3, 0.4) is 0 Å². The summed E-state index contributed by atoms with van der Waals surface area (Å²) in [5.74, 6) is -0.232. The second kappa shape index (κ2) is 5.35. The van der Waals surface area contributed by atoms with Gasteiger partial charge in [0.15, 0.2) is 5.01 Å². The molecule has 3 rings (SSSR count). The molecule has 0 radical (unpaired) electrons. The third-order valence-electron chi connectivity index (χ3n) is 3.17. The van der Waals surface area contributed by atoms with E-state index in [0.717, 1.165) is 23.5 Å². The molecule has 19 heavy (non-hydrogen) atoms. The van der Waals surface area contributed by atoms with Gasteiger partial charge in [0.2, 0.25) is 0 Å². The predicted octanol–water partition coefficient (Wildman–Crippen LogP) is 2.95. The second-order valence-corrected chi connectivity index (χ2v) is 6.02. The van der Waals surface area contributed by atoms with Gasteiger partial charge in [-0.25, -0.2) is 4.39 Å². The van der Waals surface area contributed by atoms with E-state index in [1.54, 1.807) is 6.07 Å². The second-order valence-electron chi connectivity index (χ2n) is 4.96. The van der Waals surface area contributed by atoms with Crippen molar-refractivity contribution in [1.82, 2.24) is 15.5 Å². The van der Waals surface area contributed by atoms with E-state index >= 15 is 0 Å². The van der Waals surface area contributed by atoms with Gasteiger partial charge in [0.1, 0.15) is 10.8 Å². The molecule has 0 spiro atoms. The summed E-state index contributed by atoms with van der Waals surface area (Å²) in [6, 6.07) is 5.78. The van der Waals surface area contributed by atoms with Crippen molar-refractivity contribution in [3.05, 3.63) is 34.6 Å². The first-order valence-corrected chi connectivity index (χ1v) is 7.36. The van der Waals surface area contributed by atoms with Gasteiger partial charge in [-0.15, -0.1) is 10.2 Å².